The summed E-state index contributed by atoms with van der Waals surface area (Å²) in [5.74, 6) is 0.513. The number of aliphatic hydroxyl groups excluding tert-OH is 1. The van der Waals surface area contributed by atoms with Crippen molar-refractivity contribution in [3.8, 4) is 5.75 Å². The van der Waals surface area contributed by atoms with Gasteiger partial charge in [-0.2, -0.15) is 0 Å². The van der Waals surface area contributed by atoms with E-state index >= 15 is 0 Å². The van der Waals surface area contributed by atoms with E-state index in [1.165, 1.54) is 0 Å². The lowest BCUT2D eigenvalue weighted by Crippen LogP contribution is -2.35. The predicted octanol–water partition coefficient (Wildman–Crippen LogP) is 2.56. The van der Waals surface area contributed by atoms with Gasteiger partial charge in [-0.1, -0.05) is 18.2 Å². The molecular formula is C20H27Cl2N3O3. The Morgan fingerprint density at radius 3 is 2.46 bits per heavy atom. The fraction of sp³-hybridized carbons (Fsp3) is 0.400. The van der Waals surface area contributed by atoms with Crippen molar-refractivity contribution in [2.24, 2.45) is 11.7 Å². The van der Waals surface area contributed by atoms with Crippen molar-refractivity contribution in [1.82, 2.24) is 9.88 Å². The molecule has 3 N–H and O–H groups in total. The molecule has 1 amide bonds. The number of pyridine rings is 1. The molecule has 1 saturated carbocycles. The number of carbonyl (C=O) groups is 1. The van der Waals surface area contributed by atoms with Crippen LogP contribution in [0.25, 0.3) is 0 Å². The summed E-state index contributed by atoms with van der Waals surface area (Å²) in [5.41, 5.74) is 7.86. The molecule has 0 unspecified atom stereocenters. The predicted molar refractivity (Wildman–Crippen MR) is 113 cm³/mol. The minimum atomic E-state index is -0.613. The van der Waals surface area contributed by atoms with E-state index in [1.54, 1.807) is 19.5 Å². The van der Waals surface area contributed by atoms with Crippen molar-refractivity contribution in [2.75, 3.05) is 7.11 Å². The van der Waals surface area contributed by atoms with Gasteiger partial charge in [0.2, 0.25) is 5.91 Å². The molecule has 3 rings (SSSR count). The summed E-state index contributed by atoms with van der Waals surface area (Å²) in [6.45, 7) is 0.911. The Morgan fingerprint density at radius 1 is 1.18 bits per heavy atom. The molecule has 0 aliphatic heterocycles. The van der Waals surface area contributed by atoms with Crippen molar-refractivity contribution < 1.29 is 14.6 Å². The van der Waals surface area contributed by atoms with Crippen molar-refractivity contribution in [1.29, 1.82) is 0 Å². The summed E-state index contributed by atoms with van der Waals surface area (Å²) in [7, 11) is 1.63. The van der Waals surface area contributed by atoms with Gasteiger partial charge in [0.05, 0.1) is 13.2 Å². The van der Waals surface area contributed by atoms with Crippen LogP contribution in [0.3, 0.4) is 0 Å². The molecule has 2 aromatic rings. The number of amides is 1. The molecule has 6 nitrogen and oxygen atoms in total. The Labute approximate surface area is 177 Å². The van der Waals surface area contributed by atoms with Gasteiger partial charge in [0.15, 0.2) is 0 Å². The Morgan fingerprint density at radius 2 is 1.86 bits per heavy atom. The number of hydrogen-bond donors (Lipinski definition) is 2. The topological polar surface area (TPSA) is 88.7 Å². The summed E-state index contributed by atoms with van der Waals surface area (Å²) < 4.78 is 5.43. The molecule has 0 saturated heterocycles. The first kappa shape index (κ1) is 24.2. The third-order valence-electron chi connectivity index (χ3n) is 4.91. The molecular weight excluding hydrogens is 401 g/mol. The highest BCUT2D eigenvalue weighted by Crippen LogP contribution is 2.29. The highest BCUT2D eigenvalue weighted by Gasteiger charge is 2.37. The maximum Gasteiger partial charge on any atom is 0.226 e. The van der Waals surface area contributed by atoms with Gasteiger partial charge in [-0.25, -0.2) is 0 Å². The van der Waals surface area contributed by atoms with Gasteiger partial charge in [0.1, 0.15) is 5.75 Å². The van der Waals surface area contributed by atoms with Crippen LogP contribution in [0.15, 0.2) is 48.8 Å². The SMILES string of the molecule is COc1ccccc1CN(Cc1ccncc1)C(=O)[C@H]1C[C@@H](N)[C@H](O)C1.Cl.Cl. The second kappa shape index (κ2) is 11.2. The largest absolute Gasteiger partial charge is 0.496 e. The Kier molecular flexibility index (Phi) is 9.69. The average Bonchev–Trinajstić information content (AvgIpc) is 3.00. The molecule has 1 aromatic heterocycles. The van der Waals surface area contributed by atoms with Crippen LogP contribution in [0.5, 0.6) is 5.75 Å². The van der Waals surface area contributed by atoms with Crippen LogP contribution in [0.2, 0.25) is 0 Å². The Bertz CT molecular complexity index is 738. The minimum absolute atomic E-state index is 0. The molecule has 1 aromatic carbocycles. The number of rotatable bonds is 6. The normalized spacial score (nSPS) is 20.6. The molecule has 1 aliphatic rings. The maximum atomic E-state index is 13.1. The van der Waals surface area contributed by atoms with E-state index in [4.69, 9.17) is 10.5 Å². The van der Waals surface area contributed by atoms with Crippen LogP contribution in [-0.4, -0.2) is 40.2 Å². The van der Waals surface area contributed by atoms with Gasteiger partial charge in [-0.05, 0) is 36.6 Å². The zero-order valence-corrected chi connectivity index (χ0v) is 17.4. The first-order valence-corrected chi connectivity index (χ1v) is 8.81. The zero-order valence-electron chi connectivity index (χ0n) is 15.7. The van der Waals surface area contributed by atoms with Crippen LogP contribution in [0.1, 0.15) is 24.0 Å². The van der Waals surface area contributed by atoms with Crippen LogP contribution in [0, 0.1) is 5.92 Å². The summed E-state index contributed by atoms with van der Waals surface area (Å²) in [5, 5.41) is 9.94. The van der Waals surface area contributed by atoms with Crippen LogP contribution >= 0.6 is 24.8 Å². The maximum absolute atomic E-state index is 13.1. The van der Waals surface area contributed by atoms with Crippen molar-refractivity contribution in [2.45, 2.75) is 38.1 Å². The second-order valence-electron chi connectivity index (χ2n) is 6.76. The third kappa shape index (κ3) is 5.82. The molecule has 1 heterocycles. The second-order valence-corrected chi connectivity index (χ2v) is 6.76. The summed E-state index contributed by atoms with van der Waals surface area (Å²) >= 11 is 0. The number of methoxy groups -OCH3 is 1. The lowest BCUT2D eigenvalue weighted by atomic mass is 10.0. The first-order chi connectivity index (χ1) is 12.6. The number of ether oxygens (including phenoxy) is 1. The van der Waals surface area contributed by atoms with E-state index < -0.39 is 6.10 Å². The van der Waals surface area contributed by atoms with E-state index in [9.17, 15) is 9.90 Å². The van der Waals surface area contributed by atoms with Gasteiger partial charge < -0.3 is 20.5 Å². The highest BCUT2D eigenvalue weighted by atomic mass is 35.5. The number of aliphatic hydroxyl groups is 1. The smallest absolute Gasteiger partial charge is 0.226 e. The Balaban J connectivity index is 0.00000196. The minimum Gasteiger partial charge on any atom is -0.496 e. The number of carbonyl (C=O) groups excluding carboxylic acids is 1. The molecule has 154 valence electrons. The quantitative estimate of drug-likeness (QED) is 0.739. The fourth-order valence-corrected chi connectivity index (χ4v) is 3.47. The monoisotopic (exact) mass is 427 g/mol. The molecule has 0 radical (unpaired) electrons. The lowest BCUT2D eigenvalue weighted by Gasteiger charge is -2.26. The van der Waals surface area contributed by atoms with Crippen molar-refractivity contribution >= 4 is 30.7 Å². The van der Waals surface area contributed by atoms with E-state index in [0.29, 0.717) is 25.9 Å². The number of aromatic nitrogens is 1. The first-order valence-electron chi connectivity index (χ1n) is 8.81. The van der Waals surface area contributed by atoms with Crippen LogP contribution < -0.4 is 10.5 Å². The summed E-state index contributed by atoms with van der Waals surface area (Å²) in [4.78, 5) is 19.0. The third-order valence-corrected chi connectivity index (χ3v) is 4.91. The lowest BCUT2D eigenvalue weighted by molar-refractivity contribution is -0.136. The zero-order chi connectivity index (χ0) is 18.5. The van der Waals surface area contributed by atoms with Gasteiger partial charge in [-0.3, -0.25) is 9.78 Å². The van der Waals surface area contributed by atoms with Gasteiger partial charge in [-0.15, -0.1) is 24.8 Å². The summed E-state index contributed by atoms with van der Waals surface area (Å²) in [6.07, 6.45) is 3.75. The number of hydrogen-bond acceptors (Lipinski definition) is 5. The van der Waals surface area contributed by atoms with Crippen LogP contribution in [-0.2, 0) is 17.9 Å². The van der Waals surface area contributed by atoms with Crippen LogP contribution in [0.4, 0.5) is 0 Å². The van der Waals surface area contributed by atoms with Gasteiger partial charge in [0, 0.05) is 43.0 Å². The Hall–Kier alpha value is -1.86. The van der Waals surface area contributed by atoms with E-state index in [-0.39, 0.29) is 42.7 Å². The number of nitrogens with zero attached hydrogens (tertiary/aromatic N) is 2. The fourth-order valence-electron chi connectivity index (χ4n) is 3.47. The molecule has 8 heteroatoms. The van der Waals surface area contributed by atoms with Gasteiger partial charge >= 0.3 is 0 Å². The van der Waals surface area contributed by atoms with Crippen molar-refractivity contribution in [3.63, 3.8) is 0 Å². The highest BCUT2D eigenvalue weighted by molar-refractivity contribution is 5.85. The van der Waals surface area contributed by atoms with Gasteiger partial charge in [0.25, 0.3) is 0 Å². The average molecular weight is 428 g/mol. The molecule has 0 bridgehead atoms. The summed E-state index contributed by atoms with van der Waals surface area (Å²) in [6, 6.07) is 11.2. The standard InChI is InChI=1S/C20H25N3O3.2ClH/c1-26-19-5-3-2-4-15(19)13-23(12-14-6-8-22-9-7-14)20(25)16-10-17(21)18(24)11-16;;/h2-9,16-18,24H,10-13,21H2,1H3;2*1H/t16-,17+,18+;;/m0../s1. The number of para-hydroxylation sites is 1. The molecule has 3 atom stereocenters. The van der Waals surface area contributed by atoms with E-state index in [2.05, 4.69) is 4.98 Å². The molecule has 1 aliphatic carbocycles. The van der Waals surface area contributed by atoms with E-state index in [1.807, 2.05) is 41.3 Å². The number of benzene rings is 1. The van der Waals surface area contributed by atoms with E-state index in [0.717, 1.165) is 16.9 Å². The number of halogens is 2. The number of nitrogens with two attached hydrogens (primary N) is 1. The molecule has 0 spiro atoms. The molecule has 1 fully saturated rings. The van der Waals surface area contributed by atoms with Crippen molar-refractivity contribution in [3.05, 3.63) is 59.9 Å². The molecule has 28 heavy (non-hydrogen) atoms.